The molecule has 42 valence electrons. The third-order valence-electron chi connectivity index (χ3n) is 1.17. The fourth-order valence-corrected chi connectivity index (χ4v) is 0.535. The molecule has 0 rings (SSSR count). The van der Waals surface area contributed by atoms with Crippen LogP contribution in [0, 0.1) is 0 Å². The third-order valence-corrected chi connectivity index (χ3v) is 2.04. The van der Waals surface area contributed by atoms with Crippen molar-refractivity contribution in [3.63, 3.8) is 0 Å². The molecule has 0 aromatic heterocycles. The van der Waals surface area contributed by atoms with Crippen LogP contribution in [0.1, 0.15) is 6.92 Å². The molecule has 0 radical (unpaired) electrons. The lowest BCUT2D eigenvalue weighted by atomic mass is 10.3. The molecule has 0 aliphatic carbocycles. The average Bonchev–Trinajstić information content (AvgIpc) is 1.65. The van der Waals surface area contributed by atoms with E-state index in [1.165, 1.54) is 5.20 Å². The van der Waals surface area contributed by atoms with Crippen molar-refractivity contribution >= 4 is 10.2 Å². The van der Waals surface area contributed by atoms with Gasteiger partial charge in [-0.15, -0.1) is 6.58 Å². The van der Waals surface area contributed by atoms with E-state index in [0.29, 0.717) is 6.04 Å². The maximum Gasteiger partial charge on any atom is 0.0345 e. The van der Waals surface area contributed by atoms with Gasteiger partial charge in [-0.2, -0.15) is 0 Å². The molecule has 0 saturated heterocycles. The van der Waals surface area contributed by atoms with Crippen LogP contribution < -0.4 is 5.32 Å². The Bertz CT molecular complexity index is 70.5. The van der Waals surface area contributed by atoms with E-state index in [9.17, 15) is 0 Å². The molecule has 0 fully saturated rings. The highest BCUT2D eigenvalue weighted by Crippen LogP contribution is 1.87. The van der Waals surface area contributed by atoms with Gasteiger partial charge < -0.3 is 5.32 Å². The molecule has 0 spiro atoms. The molecule has 0 saturated carbocycles. The molecule has 0 amide bonds. The minimum Gasteiger partial charge on any atom is -0.314 e. The van der Waals surface area contributed by atoms with E-state index >= 15 is 0 Å². The Labute approximate surface area is 48.2 Å². The first-order chi connectivity index (χ1) is 3.18. The molecular formula is C5H13NSi. The Morgan fingerprint density at radius 1 is 1.86 bits per heavy atom. The number of hydrogen-bond acceptors (Lipinski definition) is 1. The van der Waals surface area contributed by atoms with E-state index in [0.717, 1.165) is 10.2 Å². The molecule has 0 aromatic rings. The second kappa shape index (κ2) is 2.99. The van der Waals surface area contributed by atoms with Crippen molar-refractivity contribution in [3.8, 4) is 0 Å². The highest BCUT2D eigenvalue weighted by Gasteiger charge is 1.93. The summed E-state index contributed by atoms with van der Waals surface area (Å²) in [6, 6.07) is 0.520. The lowest BCUT2D eigenvalue weighted by Gasteiger charge is -2.06. The molecule has 0 bridgehead atoms. The fourth-order valence-electron chi connectivity index (χ4n) is 0.246. The molecule has 0 heterocycles. The lowest BCUT2D eigenvalue weighted by Crippen LogP contribution is -2.22. The van der Waals surface area contributed by atoms with Gasteiger partial charge in [0.2, 0.25) is 0 Å². The fraction of sp³-hybridized carbons (Fsp3) is 0.600. The predicted octanol–water partition coefficient (Wildman–Crippen LogP) is -0.527. The van der Waals surface area contributed by atoms with Gasteiger partial charge >= 0.3 is 0 Å². The summed E-state index contributed by atoms with van der Waals surface area (Å²) in [5, 5.41) is 4.42. The van der Waals surface area contributed by atoms with Gasteiger partial charge in [0.1, 0.15) is 0 Å². The minimum absolute atomic E-state index is 0.520. The van der Waals surface area contributed by atoms with E-state index in [1.54, 1.807) is 0 Å². The molecule has 0 aliphatic rings. The average molecular weight is 115 g/mol. The van der Waals surface area contributed by atoms with Crippen molar-refractivity contribution in [2.45, 2.75) is 13.0 Å². The first-order valence-corrected chi connectivity index (χ1v) is 3.51. The monoisotopic (exact) mass is 115 g/mol. The summed E-state index contributed by atoms with van der Waals surface area (Å²) in [4.78, 5) is 0. The molecule has 2 heteroatoms. The maximum atomic E-state index is 3.83. The van der Waals surface area contributed by atoms with Crippen LogP contribution in [0.25, 0.3) is 0 Å². The molecule has 0 aliphatic heterocycles. The van der Waals surface area contributed by atoms with E-state index in [1.807, 2.05) is 7.05 Å². The summed E-state index contributed by atoms with van der Waals surface area (Å²) in [5.74, 6) is 0. The third kappa shape index (κ3) is 2.59. The van der Waals surface area contributed by atoms with E-state index in [-0.39, 0.29) is 0 Å². The Balaban J connectivity index is 3.34. The van der Waals surface area contributed by atoms with Crippen LogP contribution in [0.15, 0.2) is 11.8 Å². The summed E-state index contributed by atoms with van der Waals surface area (Å²) >= 11 is 0. The standard InChI is InChI=1S/C5H13NSi/c1-4(6-3)5(2)7/h4,6H,2H2,1,3,7H3. The van der Waals surface area contributed by atoms with Crippen LogP contribution >= 0.6 is 0 Å². The largest absolute Gasteiger partial charge is 0.314 e. The summed E-state index contributed by atoms with van der Waals surface area (Å²) in [5.41, 5.74) is 0. The Hall–Kier alpha value is -0.0831. The second-order valence-electron chi connectivity index (χ2n) is 1.86. The van der Waals surface area contributed by atoms with Gasteiger partial charge in [-0.1, -0.05) is 5.20 Å². The van der Waals surface area contributed by atoms with Gasteiger partial charge in [0.25, 0.3) is 0 Å². The van der Waals surface area contributed by atoms with Gasteiger partial charge in [-0.3, -0.25) is 0 Å². The maximum absolute atomic E-state index is 3.83. The zero-order valence-electron chi connectivity index (χ0n) is 5.28. The molecule has 0 aromatic carbocycles. The highest BCUT2D eigenvalue weighted by molar-refractivity contribution is 6.21. The van der Waals surface area contributed by atoms with E-state index in [4.69, 9.17) is 0 Å². The molecule has 1 nitrogen and oxygen atoms in total. The normalized spacial score (nSPS) is 14.0. The number of rotatable bonds is 2. The van der Waals surface area contributed by atoms with Crippen molar-refractivity contribution in [2.75, 3.05) is 7.05 Å². The Kier molecular flexibility index (Phi) is 2.95. The lowest BCUT2D eigenvalue weighted by molar-refractivity contribution is 0.719. The van der Waals surface area contributed by atoms with Gasteiger partial charge in [0, 0.05) is 16.3 Å². The Morgan fingerprint density at radius 3 is 2.29 bits per heavy atom. The van der Waals surface area contributed by atoms with Gasteiger partial charge in [0.15, 0.2) is 0 Å². The zero-order chi connectivity index (χ0) is 5.86. The summed E-state index contributed by atoms with van der Waals surface area (Å²) in [6.07, 6.45) is 0. The molecule has 1 unspecified atom stereocenters. The van der Waals surface area contributed by atoms with Crippen molar-refractivity contribution in [2.24, 2.45) is 0 Å². The predicted molar refractivity (Wildman–Crippen MR) is 37.6 cm³/mol. The SMILES string of the molecule is C=C([SiH3])C(C)NC. The van der Waals surface area contributed by atoms with Gasteiger partial charge in [-0.05, 0) is 14.0 Å². The quantitative estimate of drug-likeness (QED) is 0.477. The van der Waals surface area contributed by atoms with Crippen LogP contribution in [0.5, 0.6) is 0 Å². The Morgan fingerprint density at radius 2 is 2.29 bits per heavy atom. The second-order valence-corrected chi connectivity index (χ2v) is 3.14. The van der Waals surface area contributed by atoms with Crippen LogP contribution in [0.2, 0.25) is 0 Å². The van der Waals surface area contributed by atoms with Crippen molar-refractivity contribution in [1.29, 1.82) is 0 Å². The molecule has 1 atom stereocenters. The highest BCUT2D eigenvalue weighted by atomic mass is 28.1. The van der Waals surface area contributed by atoms with Crippen LogP contribution in [-0.4, -0.2) is 23.3 Å². The van der Waals surface area contributed by atoms with Crippen molar-refractivity contribution in [3.05, 3.63) is 11.8 Å². The molecular weight excluding hydrogens is 102 g/mol. The topological polar surface area (TPSA) is 12.0 Å². The van der Waals surface area contributed by atoms with Crippen LogP contribution in [-0.2, 0) is 0 Å². The van der Waals surface area contributed by atoms with Crippen LogP contribution in [0.4, 0.5) is 0 Å². The van der Waals surface area contributed by atoms with Gasteiger partial charge in [0.05, 0.1) is 0 Å². The first kappa shape index (κ1) is 6.92. The molecule has 1 N–H and O–H groups in total. The zero-order valence-corrected chi connectivity index (χ0v) is 7.28. The number of likely N-dealkylation sites (N-methyl/N-ethyl adjacent to an activating group) is 1. The number of nitrogens with one attached hydrogen (secondary N) is 1. The first-order valence-electron chi connectivity index (χ1n) is 2.51. The van der Waals surface area contributed by atoms with Crippen molar-refractivity contribution < 1.29 is 0 Å². The van der Waals surface area contributed by atoms with Gasteiger partial charge in [-0.25, -0.2) is 0 Å². The minimum atomic E-state index is 0.520. The summed E-state index contributed by atoms with van der Waals surface area (Å²) in [7, 11) is 3.06. The summed E-state index contributed by atoms with van der Waals surface area (Å²) < 4.78 is 0. The van der Waals surface area contributed by atoms with E-state index < -0.39 is 0 Å². The summed E-state index contributed by atoms with van der Waals surface area (Å²) in [6.45, 7) is 5.95. The number of hydrogen-bond donors (Lipinski definition) is 1. The van der Waals surface area contributed by atoms with Crippen molar-refractivity contribution in [1.82, 2.24) is 5.32 Å². The smallest absolute Gasteiger partial charge is 0.0345 e. The van der Waals surface area contributed by atoms with E-state index in [2.05, 4.69) is 18.8 Å². The molecule has 7 heavy (non-hydrogen) atoms. The van der Waals surface area contributed by atoms with Crippen LogP contribution in [0.3, 0.4) is 0 Å².